The Morgan fingerprint density at radius 2 is 1.73 bits per heavy atom. The van der Waals surface area contributed by atoms with E-state index in [1.165, 1.54) is 12.1 Å². The predicted molar refractivity (Wildman–Crippen MR) is 149 cm³/mol. The molecule has 4 rings (SSSR count). The highest BCUT2D eigenvalue weighted by molar-refractivity contribution is 5.70. The van der Waals surface area contributed by atoms with Crippen LogP contribution in [-0.4, -0.2) is 76.0 Å². The zero-order chi connectivity index (χ0) is 29.6. The number of halogens is 3. The number of rotatable bonds is 10. The smallest absolute Gasteiger partial charge is 0.421 e. The van der Waals surface area contributed by atoms with E-state index in [2.05, 4.69) is 20.9 Å². The maximum Gasteiger partial charge on any atom is 0.421 e. The summed E-state index contributed by atoms with van der Waals surface area (Å²) in [5, 5.41) is 19.0. The van der Waals surface area contributed by atoms with E-state index < -0.39 is 11.8 Å². The zero-order valence-corrected chi connectivity index (χ0v) is 23.3. The van der Waals surface area contributed by atoms with Gasteiger partial charge in [0.05, 0.1) is 13.0 Å². The molecule has 7 nitrogen and oxygen atoms in total. The van der Waals surface area contributed by atoms with E-state index >= 15 is 0 Å². The molecular weight excluding hydrogens is 535 g/mol. The average Bonchev–Trinajstić information content (AvgIpc) is 2.93. The van der Waals surface area contributed by atoms with Gasteiger partial charge in [-0.1, -0.05) is 42.5 Å². The number of nitrogens with zero attached hydrogens (tertiary/aromatic N) is 3. The number of carbonyl (C=O) groups excluding carboxylic acids is 1. The molecule has 1 aliphatic heterocycles. The van der Waals surface area contributed by atoms with E-state index in [1.54, 1.807) is 24.5 Å². The highest BCUT2D eigenvalue weighted by atomic mass is 19.4. The first-order valence-electron chi connectivity index (χ1n) is 13.6. The van der Waals surface area contributed by atoms with Crippen molar-refractivity contribution in [2.45, 2.75) is 51.2 Å². The van der Waals surface area contributed by atoms with Gasteiger partial charge in [-0.3, -0.25) is 19.6 Å². The van der Waals surface area contributed by atoms with Crippen LogP contribution in [0, 0.1) is 6.92 Å². The van der Waals surface area contributed by atoms with Gasteiger partial charge in [0.25, 0.3) is 0 Å². The van der Waals surface area contributed by atoms with Gasteiger partial charge in [-0.05, 0) is 59.4 Å². The van der Waals surface area contributed by atoms with Crippen molar-refractivity contribution >= 4 is 5.97 Å². The van der Waals surface area contributed by atoms with E-state index in [9.17, 15) is 23.1 Å². The van der Waals surface area contributed by atoms with Crippen LogP contribution in [0.25, 0.3) is 11.1 Å². The normalized spacial score (nSPS) is 18.2. The first-order chi connectivity index (χ1) is 19.5. The van der Waals surface area contributed by atoms with Gasteiger partial charge in [0.1, 0.15) is 6.61 Å². The first kappa shape index (κ1) is 30.6. The van der Waals surface area contributed by atoms with Crippen LogP contribution >= 0.6 is 0 Å². The molecule has 2 unspecified atom stereocenters. The van der Waals surface area contributed by atoms with Crippen molar-refractivity contribution in [1.29, 1.82) is 0 Å². The Bertz CT molecular complexity index is 1300. The third kappa shape index (κ3) is 7.71. The topological polar surface area (TPSA) is 86.1 Å². The quantitative estimate of drug-likeness (QED) is 0.348. The second kappa shape index (κ2) is 13.1. The second-order valence-corrected chi connectivity index (χ2v) is 10.7. The number of piperazine rings is 1. The van der Waals surface area contributed by atoms with Crippen molar-refractivity contribution in [3.8, 4) is 11.1 Å². The molecule has 0 saturated carbocycles. The van der Waals surface area contributed by atoms with E-state index in [4.69, 9.17) is 9.84 Å². The molecule has 1 aliphatic rings. The lowest BCUT2D eigenvalue weighted by Gasteiger charge is -2.41. The van der Waals surface area contributed by atoms with Gasteiger partial charge in [0.2, 0.25) is 0 Å². The van der Waals surface area contributed by atoms with Gasteiger partial charge in [0.15, 0.2) is 5.60 Å². The summed E-state index contributed by atoms with van der Waals surface area (Å²) in [5.74, 6) is -0.348. The monoisotopic (exact) mass is 571 g/mol. The number of aryl methyl sites for hydroxylation is 1. The van der Waals surface area contributed by atoms with Crippen LogP contribution < -0.4 is 0 Å². The van der Waals surface area contributed by atoms with E-state index in [0.29, 0.717) is 13.1 Å². The summed E-state index contributed by atoms with van der Waals surface area (Å²) in [4.78, 5) is 21.1. The number of aliphatic hydroxyl groups excluding tert-OH is 1. The van der Waals surface area contributed by atoms with Crippen molar-refractivity contribution in [3.63, 3.8) is 0 Å². The molecule has 220 valence electrons. The number of esters is 1. The summed E-state index contributed by atoms with van der Waals surface area (Å²) in [6.07, 6.45) is -1.04. The minimum absolute atomic E-state index is 0.0261. The molecule has 1 fully saturated rings. The van der Waals surface area contributed by atoms with Crippen LogP contribution in [0.4, 0.5) is 13.2 Å². The highest BCUT2D eigenvalue weighted by Crippen LogP contribution is 2.39. The van der Waals surface area contributed by atoms with Gasteiger partial charge in [-0.2, -0.15) is 13.2 Å². The summed E-state index contributed by atoms with van der Waals surface area (Å²) >= 11 is 0. The number of ether oxygens (including phenoxy) is 1. The molecule has 0 spiro atoms. The third-order valence-corrected chi connectivity index (χ3v) is 7.59. The minimum atomic E-state index is -4.77. The summed E-state index contributed by atoms with van der Waals surface area (Å²) in [6, 6.07) is 15.7. The number of aliphatic hydroxyl groups is 2. The molecule has 3 aromatic rings. The Morgan fingerprint density at radius 1 is 1.02 bits per heavy atom. The molecule has 2 aromatic carbocycles. The van der Waals surface area contributed by atoms with Crippen LogP contribution in [0.3, 0.4) is 0 Å². The third-order valence-electron chi connectivity index (χ3n) is 7.59. The molecule has 1 aromatic heterocycles. The Morgan fingerprint density at radius 3 is 2.37 bits per heavy atom. The molecule has 2 heterocycles. The summed E-state index contributed by atoms with van der Waals surface area (Å²) in [7, 11) is 0. The maximum atomic E-state index is 13.2. The number of pyridine rings is 1. The molecule has 0 radical (unpaired) electrons. The number of hydrogen-bond donors (Lipinski definition) is 2. The second-order valence-electron chi connectivity index (χ2n) is 10.7. The molecular formula is C31H36F3N3O4. The lowest BCUT2D eigenvalue weighted by Crippen LogP contribution is -2.53. The van der Waals surface area contributed by atoms with E-state index in [-0.39, 0.29) is 37.2 Å². The van der Waals surface area contributed by atoms with Crippen LogP contribution in [-0.2, 0) is 28.2 Å². The number of carbonyl (C=O) groups is 1. The SMILES string of the molecule is Cc1cc(CN2CCN(Cc3ccncc3)CC2CC(=O)OCCO)ccc1-c1ccc(C(C)(O)C(F)(F)F)cc1. The summed E-state index contributed by atoms with van der Waals surface area (Å²) < 4.78 is 44.8. The van der Waals surface area contributed by atoms with Gasteiger partial charge in [-0.25, -0.2) is 0 Å². The average molecular weight is 572 g/mol. The molecule has 0 amide bonds. The van der Waals surface area contributed by atoms with Crippen LogP contribution in [0.2, 0.25) is 0 Å². The number of benzene rings is 2. The maximum absolute atomic E-state index is 13.2. The molecule has 10 heteroatoms. The van der Waals surface area contributed by atoms with Crippen molar-refractivity contribution < 1.29 is 32.9 Å². The van der Waals surface area contributed by atoms with Gasteiger partial charge in [0, 0.05) is 51.2 Å². The molecule has 2 atom stereocenters. The molecule has 0 bridgehead atoms. The lowest BCUT2D eigenvalue weighted by molar-refractivity contribution is -0.258. The fraction of sp³-hybridized carbons (Fsp3) is 0.419. The van der Waals surface area contributed by atoms with Crippen molar-refractivity contribution in [2.75, 3.05) is 32.8 Å². The molecule has 41 heavy (non-hydrogen) atoms. The molecule has 2 N–H and O–H groups in total. The Hall–Kier alpha value is -3.31. The fourth-order valence-electron chi connectivity index (χ4n) is 5.18. The Labute approximate surface area is 238 Å². The Kier molecular flexibility index (Phi) is 9.80. The predicted octanol–water partition coefficient (Wildman–Crippen LogP) is 4.44. The van der Waals surface area contributed by atoms with E-state index in [1.807, 2.05) is 31.2 Å². The molecule has 1 saturated heterocycles. The van der Waals surface area contributed by atoms with Gasteiger partial charge < -0.3 is 14.9 Å². The Balaban J connectivity index is 1.47. The van der Waals surface area contributed by atoms with E-state index in [0.717, 1.165) is 54.4 Å². The summed E-state index contributed by atoms with van der Waals surface area (Å²) in [5.41, 5.74) is 1.68. The van der Waals surface area contributed by atoms with Crippen molar-refractivity contribution in [3.05, 3.63) is 89.2 Å². The first-order valence-corrected chi connectivity index (χ1v) is 13.6. The number of aromatic nitrogens is 1. The zero-order valence-electron chi connectivity index (χ0n) is 23.3. The number of alkyl halides is 3. The fourth-order valence-corrected chi connectivity index (χ4v) is 5.18. The van der Waals surface area contributed by atoms with Crippen LogP contribution in [0.5, 0.6) is 0 Å². The standard InChI is InChI=1S/C31H36F3N3O4/c1-22-17-24(3-8-28(22)25-4-6-26(7-5-25)30(2,40)31(32,33)34)20-37-14-13-36(19-23-9-11-35-12-10-23)21-27(37)18-29(39)41-16-15-38/h3-12,17,27,38,40H,13-16,18-21H2,1-2H3. The van der Waals surface area contributed by atoms with Gasteiger partial charge in [-0.15, -0.1) is 0 Å². The van der Waals surface area contributed by atoms with Gasteiger partial charge >= 0.3 is 12.1 Å². The highest BCUT2D eigenvalue weighted by Gasteiger charge is 2.51. The minimum Gasteiger partial charge on any atom is -0.463 e. The largest absolute Gasteiger partial charge is 0.463 e. The number of hydrogen-bond acceptors (Lipinski definition) is 7. The van der Waals surface area contributed by atoms with Crippen LogP contribution in [0.15, 0.2) is 67.0 Å². The molecule has 0 aliphatic carbocycles. The van der Waals surface area contributed by atoms with Crippen molar-refractivity contribution in [2.24, 2.45) is 0 Å². The van der Waals surface area contributed by atoms with Crippen LogP contribution in [0.1, 0.15) is 35.6 Å². The summed E-state index contributed by atoms with van der Waals surface area (Å²) in [6.45, 7) is 6.10. The van der Waals surface area contributed by atoms with Crippen molar-refractivity contribution in [1.82, 2.24) is 14.8 Å². The lowest BCUT2D eigenvalue weighted by atomic mass is 9.92.